The Kier molecular flexibility index (Phi) is 8.26. The Labute approximate surface area is 162 Å². The van der Waals surface area contributed by atoms with Crippen LogP contribution in [0.1, 0.15) is 31.6 Å². The second-order valence-corrected chi connectivity index (χ2v) is 6.34. The van der Waals surface area contributed by atoms with Crippen LogP contribution in [-0.2, 0) is 17.8 Å². The van der Waals surface area contributed by atoms with Crippen LogP contribution in [0.25, 0.3) is 0 Å². The minimum atomic E-state index is -0.395. The van der Waals surface area contributed by atoms with Crippen molar-refractivity contribution in [2.24, 2.45) is 4.99 Å². The summed E-state index contributed by atoms with van der Waals surface area (Å²) in [5.41, 5.74) is 0.446. The molecule has 0 saturated carbocycles. The van der Waals surface area contributed by atoms with Gasteiger partial charge in [-0.2, -0.15) is 0 Å². The molecule has 2 rings (SSSR count). The topological polar surface area (TPSA) is 75.9 Å². The van der Waals surface area contributed by atoms with E-state index in [0.717, 1.165) is 0 Å². The van der Waals surface area contributed by atoms with E-state index in [9.17, 15) is 4.79 Å². The number of thiophene rings is 1. The van der Waals surface area contributed by atoms with Crippen molar-refractivity contribution >= 4 is 47.2 Å². The molecule has 2 aromatic rings. The molecule has 0 aromatic carbocycles. The van der Waals surface area contributed by atoms with Gasteiger partial charge in [0.2, 0.25) is 0 Å². The van der Waals surface area contributed by atoms with Crippen molar-refractivity contribution in [2.75, 3.05) is 14.2 Å². The van der Waals surface area contributed by atoms with Crippen LogP contribution in [0.4, 0.5) is 0 Å². The van der Waals surface area contributed by atoms with Crippen LogP contribution in [0.15, 0.2) is 27.6 Å². The molecule has 2 aromatic heterocycles. The number of aliphatic imine (C=N–C) groups is 1. The smallest absolute Gasteiger partial charge is 0.341 e. The summed E-state index contributed by atoms with van der Waals surface area (Å²) in [7, 11) is 3.06. The van der Waals surface area contributed by atoms with Crippen LogP contribution in [0, 0.1) is 13.8 Å². The van der Waals surface area contributed by atoms with Crippen LogP contribution < -0.4 is 10.6 Å². The number of rotatable bonds is 5. The molecule has 6 nitrogen and oxygen atoms in total. The number of furan rings is 1. The fourth-order valence-corrected chi connectivity index (χ4v) is 2.92. The normalized spacial score (nSPS) is 10.9. The zero-order valence-corrected chi connectivity index (χ0v) is 17.3. The largest absolute Gasteiger partial charge is 0.465 e. The molecule has 0 aliphatic heterocycles. The molecule has 0 fully saturated rings. The van der Waals surface area contributed by atoms with Gasteiger partial charge in [-0.05, 0) is 32.0 Å². The molecule has 2 heterocycles. The van der Waals surface area contributed by atoms with E-state index in [1.54, 1.807) is 31.4 Å². The van der Waals surface area contributed by atoms with Gasteiger partial charge in [0.25, 0.3) is 0 Å². The van der Waals surface area contributed by atoms with Crippen molar-refractivity contribution < 1.29 is 13.9 Å². The second kappa shape index (κ2) is 9.67. The molecule has 0 aliphatic rings. The molecule has 0 unspecified atom stereocenters. The molecule has 0 radical (unpaired) electrons. The van der Waals surface area contributed by atoms with Gasteiger partial charge in [-0.15, -0.1) is 35.3 Å². The first kappa shape index (κ1) is 20.5. The third-order valence-corrected chi connectivity index (χ3v) is 4.25. The summed E-state index contributed by atoms with van der Waals surface area (Å²) < 4.78 is 10.3. The number of ether oxygens (including phenoxy) is 1. The first-order chi connectivity index (χ1) is 11.0. The van der Waals surface area contributed by atoms with E-state index < -0.39 is 5.97 Å². The Bertz CT molecular complexity index is 709. The Balaban J connectivity index is 0.00000288. The Morgan fingerprint density at radius 1 is 1.29 bits per heavy atom. The number of nitrogens with one attached hydrogen (secondary N) is 2. The van der Waals surface area contributed by atoms with Gasteiger partial charge in [-0.25, -0.2) is 4.79 Å². The number of esters is 1. The maximum Gasteiger partial charge on any atom is 0.341 e. The summed E-state index contributed by atoms with van der Waals surface area (Å²) in [6.45, 7) is 4.96. The van der Waals surface area contributed by atoms with E-state index in [1.165, 1.54) is 16.9 Å². The van der Waals surface area contributed by atoms with Crippen LogP contribution in [0.2, 0.25) is 0 Å². The van der Waals surface area contributed by atoms with Gasteiger partial charge >= 0.3 is 5.97 Å². The van der Waals surface area contributed by atoms with Crippen LogP contribution >= 0.6 is 35.3 Å². The van der Waals surface area contributed by atoms with E-state index >= 15 is 0 Å². The highest BCUT2D eigenvalue weighted by atomic mass is 127. The Morgan fingerprint density at radius 2 is 2.00 bits per heavy atom. The minimum absolute atomic E-state index is 0. The number of nitrogens with zero attached hydrogens (tertiary/aromatic N) is 1. The molecule has 0 bridgehead atoms. The van der Waals surface area contributed by atoms with Crippen molar-refractivity contribution in [1.29, 1.82) is 0 Å². The number of carbonyl (C=O) groups is 1. The van der Waals surface area contributed by atoms with Crippen molar-refractivity contribution in [3.8, 4) is 0 Å². The van der Waals surface area contributed by atoms with E-state index in [1.807, 2.05) is 0 Å². The van der Waals surface area contributed by atoms with Gasteiger partial charge in [-0.1, -0.05) is 0 Å². The quantitative estimate of drug-likeness (QED) is 0.308. The van der Waals surface area contributed by atoms with Gasteiger partial charge in [-0.3, -0.25) is 4.99 Å². The summed E-state index contributed by atoms with van der Waals surface area (Å²) in [5, 5.41) is 6.40. The molecule has 0 aliphatic carbocycles. The van der Waals surface area contributed by atoms with Crippen molar-refractivity contribution in [2.45, 2.75) is 26.9 Å². The zero-order chi connectivity index (χ0) is 16.8. The standard InChI is InChI=1S/C16H21N3O3S.HI/c1-10-5-6-13(23-10)9-19-16(17-3)18-8-12-7-14(11(2)22-12)15(20)21-4;/h5-7H,8-9H2,1-4H3,(H2,17,18,19);1H. The number of methoxy groups -OCH3 is 1. The molecule has 2 N–H and O–H groups in total. The third-order valence-electron chi connectivity index (χ3n) is 3.25. The Morgan fingerprint density at radius 3 is 2.58 bits per heavy atom. The number of guanidine groups is 1. The fraction of sp³-hybridized carbons (Fsp3) is 0.375. The highest BCUT2D eigenvalue weighted by Crippen LogP contribution is 2.16. The molecule has 0 amide bonds. The molecular weight excluding hydrogens is 441 g/mol. The highest BCUT2D eigenvalue weighted by molar-refractivity contribution is 14.0. The lowest BCUT2D eigenvalue weighted by molar-refractivity contribution is 0.0599. The van der Waals surface area contributed by atoms with Crippen LogP contribution in [0.5, 0.6) is 0 Å². The van der Waals surface area contributed by atoms with E-state index in [4.69, 9.17) is 9.15 Å². The molecular formula is C16H22IN3O3S. The number of aryl methyl sites for hydroxylation is 2. The average Bonchev–Trinajstić information content (AvgIpc) is 3.12. The first-order valence-electron chi connectivity index (χ1n) is 7.21. The second-order valence-electron chi connectivity index (χ2n) is 4.97. The summed E-state index contributed by atoms with van der Waals surface area (Å²) in [5.74, 6) is 1.47. The zero-order valence-electron chi connectivity index (χ0n) is 14.1. The lowest BCUT2D eigenvalue weighted by Gasteiger charge is -2.09. The van der Waals surface area contributed by atoms with E-state index in [0.29, 0.717) is 36.1 Å². The van der Waals surface area contributed by atoms with Crippen LogP contribution in [-0.4, -0.2) is 26.1 Å². The lowest BCUT2D eigenvalue weighted by atomic mass is 10.2. The SMILES string of the molecule is CN=C(NCc1cc(C(=O)OC)c(C)o1)NCc1ccc(C)s1.I. The summed E-state index contributed by atoms with van der Waals surface area (Å²) in [4.78, 5) is 18.3. The van der Waals surface area contributed by atoms with E-state index in [-0.39, 0.29) is 24.0 Å². The monoisotopic (exact) mass is 463 g/mol. The van der Waals surface area contributed by atoms with Gasteiger partial charge in [0.05, 0.1) is 20.2 Å². The molecule has 8 heteroatoms. The number of halogens is 1. The third kappa shape index (κ3) is 5.52. The van der Waals surface area contributed by atoms with Gasteiger partial charge < -0.3 is 19.8 Å². The summed E-state index contributed by atoms with van der Waals surface area (Å²) in [6.07, 6.45) is 0. The van der Waals surface area contributed by atoms with Gasteiger partial charge in [0.1, 0.15) is 17.1 Å². The molecule has 0 atom stereocenters. The lowest BCUT2D eigenvalue weighted by Crippen LogP contribution is -2.36. The number of hydrogen-bond acceptors (Lipinski definition) is 5. The van der Waals surface area contributed by atoms with E-state index in [2.05, 4.69) is 34.7 Å². The predicted molar refractivity (Wildman–Crippen MR) is 106 cm³/mol. The summed E-state index contributed by atoms with van der Waals surface area (Å²) >= 11 is 1.75. The Hall–Kier alpha value is -1.55. The van der Waals surface area contributed by atoms with Crippen molar-refractivity contribution in [3.05, 3.63) is 45.0 Å². The number of carbonyl (C=O) groups excluding carboxylic acids is 1. The molecule has 24 heavy (non-hydrogen) atoms. The maximum absolute atomic E-state index is 11.6. The van der Waals surface area contributed by atoms with Gasteiger partial charge in [0, 0.05) is 16.8 Å². The maximum atomic E-state index is 11.6. The summed E-state index contributed by atoms with van der Waals surface area (Å²) in [6, 6.07) is 5.88. The predicted octanol–water partition coefficient (Wildman–Crippen LogP) is 3.23. The number of hydrogen-bond donors (Lipinski definition) is 2. The van der Waals surface area contributed by atoms with Crippen molar-refractivity contribution in [3.63, 3.8) is 0 Å². The highest BCUT2D eigenvalue weighted by Gasteiger charge is 2.15. The van der Waals surface area contributed by atoms with Crippen molar-refractivity contribution in [1.82, 2.24) is 10.6 Å². The fourth-order valence-electron chi connectivity index (χ4n) is 2.09. The minimum Gasteiger partial charge on any atom is -0.465 e. The molecule has 0 spiro atoms. The van der Waals surface area contributed by atoms with Gasteiger partial charge in [0.15, 0.2) is 5.96 Å². The first-order valence-corrected chi connectivity index (χ1v) is 8.02. The molecule has 132 valence electrons. The van der Waals surface area contributed by atoms with Crippen LogP contribution in [0.3, 0.4) is 0 Å². The molecule has 0 saturated heterocycles. The average molecular weight is 463 g/mol.